The normalized spacial score (nSPS) is 18.5. The van der Waals surface area contributed by atoms with E-state index >= 15 is 0 Å². The molecule has 1 aliphatic carbocycles. The fraction of sp³-hybridized carbons (Fsp3) is 0.469. The molecule has 4 rings (SSSR count). The minimum atomic E-state index is -0.0545. The van der Waals surface area contributed by atoms with Gasteiger partial charge in [0.15, 0.2) is 0 Å². The van der Waals surface area contributed by atoms with Gasteiger partial charge in [-0.05, 0) is 64.6 Å². The number of benzene rings is 2. The molecule has 0 N–H and O–H groups in total. The van der Waals surface area contributed by atoms with E-state index in [9.17, 15) is 0 Å². The first-order valence-electron chi connectivity index (χ1n) is 12.8. The van der Waals surface area contributed by atoms with Gasteiger partial charge in [0.2, 0.25) is 0 Å². The van der Waals surface area contributed by atoms with Crippen molar-refractivity contribution in [1.82, 2.24) is 0 Å². The van der Waals surface area contributed by atoms with Gasteiger partial charge in [0, 0.05) is 5.92 Å². The van der Waals surface area contributed by atoms with Crippen LogP contribution in [0.25, 0.3) is 0 Å². The van der Waals surface area contributed by atoms with Crippen LogP contribution >= 0.6 is 20.7 Å². The van der Waals surface area contributed by atoms with Crippen LogP contribution in [0.4, 0.5) is 0 Å². The van der Waals surface area contributed by atoms with Crippen molar-refractivity contribution in [3.63, 3.8) is 0 Å². The molecule has 2 aliphatic rings. The molecule has 0 amide bonds. The van der Waals surface area contributed by atoms with Gasteiger partial charge in [-0.1, -0.05) is 72.9 Å². The predicted molar refractivity (Wildman–Crippen MR) is 155 cm³/mol. The first kappa shape index (κ1) is 29.5. The van der Waals surface area contributed by atoms with Crippen LogP contribution in [0, 0.1) is 42.8 Å². The van der Waals surface area contributed by atoms with Crippen LogP contribution in [-0.2, 0) is 19.3 Å². The van der Waals surface area contributed by atoms with Crippen molar-refractivity contribution in [2.75, 3.05) is 0 Å². The summed E-state index contributed by atoms with van der Waals surface area (Å²) in [5.41, 5.74) is 8.83. The molecule has 2 unspecified atom stereocenters. The second kappa shape index (κ2) is 14.1. The molecule has 0 saturated heterocycles. The molecular formula is C32H42ILi-2. The molecule has 0 nitrogen and oxygen atoms in total. The summed E-state index contributed by atoms with van der Waals surface area (Å²) in [5, 5.41) is 0. The van der Waals surface area contributed by atoms with Crippen LogP contribution < -0.4 is 18.9 Å². The third-order valence-corrected chi connectivity index (χ3v) is 11.5. The third kappa shape index (κ3) is 6.51. The first-order chi connectivity index (χ1) is 16.0. The molecule has 2 atom stereocenters. The second-order valence-electron chi connectivity index (χ2n) is 9.84. The fourth-order valence-corrected chi connectivity index (χ4v) is 10.2. The number of rotatable bonds is 7. The molecule has 0 aromatic heterocycles. The predicted octanol–water partition coefficient (Wildman–Crippen LogP) is 5.98. The summed E-state index contributed by atoms with van der Waals surface area (Å²) in [4.78, 5) is 0. The minimum absolute atomic E-state index is 0. The Kier molecular flexibility index (Phi) is 12.2. The monoisotopic (exact) mass is 560 g/mol. The largest absolute Gasteiger partial charge is 1.00 e. The zero-order chi connectivity index (χ0) is 24.0. The van der Waals surface area contributed by atoms with E-state index in [-0.39, 0.29) is 39.6 Å². The maximum atomic E-state index is 4.54. The molecule has 180 valence electrons. The van der Waals surface area contributed by atoms with E-state index in [1.807, 2.05) is 3.51 Å². The second-order valence-corrected chi connectivity index (χ2v) is 12.7. The smallest absolute Gasteiger partial charge is 0.521 e. The molecule has 0 spiro atoms. The van der Waals surface area contributed by atoms with Gasteiger partial charge >= 0.3 is 18.9 Å². The van der Waals surface area contributed by atoms with Crippen LogP contribution in [-0.4, -0.2) is 3.51 Å². The van der Waals surface area contributed by atoms with Crippen molar-refractivity contribution in [2.45, 2.75) is 84.5 Å². The van der Waals surface area contributed by atoms with Crippen LogP contribution in [0.3, 0.4) is 0 Å². The molecule has 1 fully saturated rings. The zero-order valence-electron chi connectivity index (χ0n) is 22.1. The average molecular weight is 561 g/mol. The summed E-state index contributed by atoms with van der Waals surface area (Å²) < 4.78 is 3.58. The van der Waals surface area contributed by atoms with Gasteiger partial charge < -0.3 is 13.5 Å². The van der Waals surface area contributed by atoms with Crippen LogP contribution in [0.15, 0.2) is 36.9 Å². The van der Waals surface area contributed by atoms with E-state index < -0.39 is 0 Å². The van der Waals surface area contributed by atoms with Crippen LogP contribution in [0.1, 0.15) is 91.7 Å². The van der Waals surface area contributed by atoms with E-state index in [0.29, 0.717) is 11.8 Å². The zero-order valence-corrected chi connectivity index (χ0v) is 24.2. The molecule has 2 aromatic rings. The molecule has 1 heterocycles. The molecule has 2 aromatic carbocycles. The summed E-state index contributed by atoms with van der Waals surface area (Å²) in [6.07, 6.45) is 11.6. The van der Waals surface area contributed by atoms with Gasteiger partial charge in [0.25, 0.3) is 0 Å². The van der Waals surface area contributed by atoms with Gasteiger partial charge in [-0.25, -0.2) is 6.42 Å². The Bertz CT molecular complexity index is 967. The Morgan fingerprint density at radius 3 is 2.44 bits per heavy atom. The Morgan fingerprint density at radius 1 is 1.09 bits per heavy atom. The van der Waals surface area contributed by atoms with E-state index in [0.717, 1.165) is 12.3 Å². The Hall–Kier alpha value is -0.753. The summed E-state index contributed by atoms with van der Waals surface area (Å²) >= 11 is -0.0545. The molecule has 34 heavy (non-hydrogen) atoms. The number of hydrogen-bond acceptors (Lipinski definition) is 0. The number of halogens is 1. The number of hydrogen-bond donors (Lipinski definition) is 0. The van der Waals surface area contributed by atoms with Gasteiger partial charge in [0.1, 0.15) is 0 Å². The van der Waals surface area contributed by atoms with E-state index in [1.54, 1.807) is 14.7 Å². The van der Waals surface area contributed by atoms with Crippen molar-refractivity contribution in [1.29, 1.82) is 0 Å². The third-order valence-electron chi connectivity index (χ3n) is 7.53. The molecule has 1 saturated carbocycles. The van der Waals surface area contributed by atoms with Gasteiger partial charge in [-0.2, -0.15) is 38.8 Å². The number of fused-ring (bicyclic) bond motifs is 1. The van der Waals surface area contributed by atoms with Crippen LogP contribution in [0.2, 0.25) is 0 Å². The van der Waals surface area contributed by atoms with Gasteiger partial charge in [-0.3, -0.25) is 6.58 Å². The van der Waals surface area contributed by atoms with E-state index in [1.165, 1.54) is 73.6 Å². The van der Waals surface area contributed by atoms with Crippen molar-refractivity contribution in [3.05, 3.63) is 94.3 Å². The topological polar surface area (TPSA) is 0 Å². The van der Waals surface area contributed by atoms with Crippen LogP contribution in [0.5, 0.6) is 0 Å². The SMILES string of the molecule is [CH-]=C.[CH2-]Cc1ccc2c(c1[CH2-])I=C(C1CCCCC1)C2C(C)Cc1ccc(C)c(CCC)c1.[Li+]. The van der Waals surface area contributed by atoms with Crippen molar-refractivity contribution < 1.29 is 18.9 Å². The summed E-state index contributed by atoms with van der Waals surface area (Å²) in [6.45, 7) is 22.8. The van der Waals surface area contributed by atoms with E-state index in [4.69, 9.17) is 0 Å². The van der Waals surface area contributed by atoms with Gasteiger partial charge in [-0.15, -0.1) is 6.07 Å². The summed E-state index contributed by atoms with van der Waals surface area (Å²) in [5.74, 6) is 2.15. The first-order valence-corrected chi connectivity index (χ1v) is 15.0. The Labute approximate surface area is 232 Å². The average Bonchev–Trinajstić information content (AvgIpc) is 3.24. The number of aryl methyl sites for hydroxylation is 2. The fourth-order valence-electron chi connectivity index (χ4n) is 5.75. The summed E-state index contributed by atoms with van der Waals surface area (Å²) in [6, 6.07) is 12.0. The molecular weight excluding hydrogens is 518 g/mol. The standard InChI is InChI=1S/C30H39I.C2H3.Li/c1-6-11-26-19-23(15-14-20(26)3)18-21(4)28-27-17-16-24(7-2)22(5)29(27)31-30(28)25-12-9-8-10-13-25;1-2;/h14-17,19,21,25,28H,2,5-13,18H2,1,3-4H3;1H,2H2;/q-2;-1;+1. The maximum Gasteiger partial charge on any atom is 1.00 e. The maximum absolute atomic E-state index is 4.54. The van der Waals surface area contributed by atoms with E-state index in [2.05, 4.69) is 78.1 Å². The molecule has 1 aliphatic heterocycles. The Balaban J connectivity index is 0.00000133. The molecule has 0 radical (unpaired) electrons. The molecule has 2 heteroatoms. The summed E-state index contributed by atoms with van der Waals surface area (Å²) in [7, 11) is 0. The van der Waals surface area contributed by atoms with Crippen molar-refractivity contribution in [2.24, 2.45) is 11.8 Å². The quantitative estimate of drug-likeness (QED) is 0.222. The minimum Gasteiger partial charge on any atom is -0.521 e. The molecule has 0 bridgehead atoms. The Morgan fingerprint density at radius 2 is 1.79 bits per heavy atom. The van der Waals surface area contributed by atoms with Crippen molar-refractivity contribution >= 4 is 24.2 Å². The van der Waals surface area contributed by atoms with Gasteiger partial charge in [0.05, 0.1) is 0 Å². The van der Waals surface area contributed by atoms with Crippen molar-refractivity contribution in [3.8, 4) is 0 Å².